The van der Waals surface area contributed by atoms with E-state index >= 15 is 0 Å². The van der Waals surface area contributed by atoms with E-state index in [0.29, 0.717) is 12.1 Å². The van der Waals surface area contributed by atoms with Crippen LogP contribution in [0.5, 0.6) is 5.88 Å². The highest BCUT2D eigenvalue weighted by Gasteiger charge is 2.29. The van der Waals surface area contributed by atoms with Crippen molar-refractivity contribution in [3.05, 3.63) is 89.1 Å². The first-order valence-corrected chi connectivity index (χ1v) is 16.8. The molecule has 0 aliphatic carbocycles. The molecule has 10 nitrogen and oxygen atoms in total. The molecule has 2 aliphatic heterocycles. The van der Waals surface area contributed by atoms with Crippen molar-refractivity contribution in [3.8, 4) is 17.1 Å². The van der Waals surface area contributed by atoms with E-state index in [4.69, 9.17) is 4.74 Å². The van der Waals surface area contributed by atoms with E-state index in [1.54, 1.807) is 23.1 Å². The summed E-state index contributed by atoms with van der Waals surface area (Å²) in [5.41, 5.74) is 4.53. The Hall–Kier alpha value is -4.51. The Morgan fingerprint density at radius 3 is 2.42 bits per heavy atom. The Morgan fingerprint density at radius 2 is 1.76 bits per heavy atom. The van der Waals surface area contributed by atoms with Crippen molar-refractivity contribution in [1.29, 1.82) is 0 Å². The molecular formula is C34H38N6O4S. The molecule has 6 rings (SSSR count). The number of hydrogen-bond donors (Lipinski definition) is 1. The van der Waals surface area contributed by atoms with Crippen LogP contribution in [0.1, 0.15) is 53.7 Å². The fourth-order valence-corrected chi connectivity index (χ4v) is 6.84. The molecule has 1 atom stereocenters. The lowest BCUT2D eigenvalue weighted by Gasteiger charge is -2.34. The van der Waals surface area contributed by atoms with Gasteiger partial charge in [0, 0.05) is 43.0 Å². The highest BCUT2D eigenvalue weighted by Crippen LogP contribution is 2.31. The summed E-state index contributed by atoms with van der Waals surface area (Å²) in [5.74, 6) is 0.991. The number of anilines is 2. The summed E-state index contributed by atoms with van der Waals surface area (Å²) >= 11 is 0. The van der Waals surface area contributed by atoms with Gasteiger partial charge >= 0.3 is 0 Å². The lowest BCUT2D eigenvalue weighted by atomic mass is 10.00. The largest absolute Gasteiger partial charge is 0.475 e. The summed E-state index contributed by atoms with van der Waals surface area (Å²) in [6, 6.07) is 17.4. The van der Waals surface area contributed by atoms with Gasteiger partial charge in [0.15, 0.2) is 0 Å². The lowest BCUT2D eigenvalue weighted by molar-refractivity contribution is 0.0553. The van der Waals surface area contributed by atoms with E-state index in [2.05, 4.69) is 38.4 Å². The minimum atomic E-state index is -4.14. The topological polar surface area (TPSA) is 118 Å². The number of ether oxygens (including phenoxy) is 1. The number of pyridine rings is 1. The number of rotatable bonds is 6. The lowest BCUT2D eigenvalue weighted by Crippen LogP contribution is -2.44. The van der Waals surface area contributed by atoms with E-state index in [9.17, 15) is 13.2 Å². The second-order valence-corrected chi connectivity index (χ2v) is 13.9. The average Bonchev–Trinajstić information content (AvgIpc) is 2.97. The third-order valence-corrected chi connectivity index (χ3v) is 9.59. The molecule has 234 valence electrons. The summed E-state index contributed by atoms with van der Waals surface area (Å²) in [4.78, 5) is 31.9. The third-order valence-electron chi connectivity index (χ3n) is 8.27. The maximum Gasteiger partial charge on any atom is 0.264 e. The Labute approximate surface area is 264 Å². The Balaban J connectivity index is 1.44. The maximum atomic E-state index is 14.2. The number of aromatic nitrogens is 3. The van der Waals surface area contributed by atoms with Gasteiger partial charge in [-0.05, 0) is 73.6 Å². The van der Waals surface area contributed by atoms with E-state index in [1.165, 1.54) is 12.1 Å². The molecule has 4 heterocycles. The van der Waals surface area contributed by atoms with Crippen LogP contribution in [0.2, 0.25) is 0 Å². The number of carbonyl (C=O) groups is 1. The predicted molar refractivity (Wildman–Crippen MR) is 174 cm³/mol. The quantitative estimate of drug-likeness (QED) is 0.293. The van der Waals surface area contributed by atoms with E-state index in [0.717, 1.165) is 47.6 Å². The van der Waals surface area contributed by atoms with Gasteiger partial charge in [0.2, 0.25) is 11.8 Å². The maximum absolute atomic E-state index is 14.2. The molecule has 1 amide bonds. The number of nitrogens with zero attached hydrogens (tertiary/aromatic N) is 5. The minimum absolute atomic E-state index is 0.0583. The number of nitrogens with one attached hydrogen (secondary N) is 1. The summed E-state index contributed by atoms with van der Waals surface area (Å²) in [5, 5.41) is 0. The molecule has 1 fully saturated rings. The molecule has 0 radical (unpaired) electrons. The Morgan fingerprint density at radius 1 is 1.00 bits per heavy atom. The fraction of sp³-hybridized carbons (Fsp3) is 0.353. The van der Waals surface area contributed by atoms with Crippen molar-refractivity contribution in [2.24, 2.45) is 5.92 Å². The van der Waals surface area contributed by atoms with Gasteiger partial charge in [-0.3, -0.25) is 4.79 Å². The Kier molecular flexibility index (Phi) is 8.46. The Bertz CT molecular complexity index is 1800. The molecule has 4 aromatic rings. The SMILES string of the molecule is Cc1cccc(C)c1-c1cc2nc(n1)NS(=O)(=O)c1cccc(c1)C(=O)N(Cc1ccc(N3CCC3)nc1)[C@H](CC(C)C)CO2. The van der Waals surface area contributed by atoms with Gasteiger partial charge in [-0.1, -0.05) is 44.2 Å². The first-order chi connectivity index (χ1) is 21.6. The van der Waals surface area contributed by atoms with E-state index < -0.39 is 10.0 Å². The molecule has 2 aromatic carbocycles. The zero-order valence-electron chi connectivity index (χ0n) is 26.0. The summed E-state index contributed by atoms with van der Waals surface area (Å²) in [7, 11) is -4.14. The van der Waals surface area contributed by atoms with E-state index in [1.807, 2.05) is 50.4 Å². The van der Waals surface area contributed by atoms with Crippen molar-refractivity contribution in [3.63, 3.8) is 0 Å². The number of sulfonamides is 1. The van der Waals surface area contributed by atoms with E-state index in [-0.39, 0.29) is 53.3 Å². The number of hydrogen-bond acceptors (Lipinski definition) is 8. The molecule has 2 aliphatic rings. The van der Waals surface area contributed by atoms with Crippen molar-refractivity contribution in [2.75, 3.05) is 29.3 Å². The number of carbonyl (C=O) groups excluding carboxylic acids is 1. The van der Waals surface area contributed by atoms with Gasteiger partial charge in [-0.2, -0.15) is 4.98 Å². The second kappa shape index (κ2) is 12.5. The summed E-state index contributed by atoms with van der Waals surface area (Å²) in [6.07, 6.45) is 3.63. The molecule has 0 spiro atoms. The number of aryl methyl sites for hydroxylation is 2. The van der Waals surface area contributed by atoms with Crippen LogP contribution in [-0.4, -0.2) is 59.9 Å². The van der Waals surface area contributed by atoms with Crippen LogP contribution >= 0.6 is 0 Å². The van der Waals surface area contributed by atoms with Gasteiger partial charge in [-0.15, -0.1) is 0 Å². The van der Waals surface area contributed by atoms with Crippen LogP contribution in [-0.2, 0) is 16.6 Å². The fourth-order valence-electron chi connectivity index (χ4n) is 5.85. The van der Waals surface area contributed by atoms with Gasteiger partial charge in [0.1, 0.15) is 12.4 Å². The molecule has 0 saturated carbocycles. The number of fused-ring (bicyclic) bond motifs is 4. The van der Waals surface area contributed by atoms with Crippen LogP contribution in [0.3, 0.4) is 0 Å². The molecule has 2 aromatic heterocycles. The molecule has 4 bridgehead atoms. The van der Waals surface area contributed by atoms with Crippen molar-refractivity contribution in [1.82, 2.24) is 19.9 Å². The molecule has 0 unspecified atom stereocenters. The van der Waals surface area contributed by atoms with Crippen molar-refractivity contribution >= 4 is 27.7 Å². The van der Waals surface area contributed by atoms with Crippen LogP contribution in [0.15, 0.2) is 71.8 Å². The van der Waals surface area contributed by atoms with Gasteiger partial charge in [0.25, 0.3) is 15.9 Å². The normalized spacial score (nSPS) is 17.8. The molecule has 1 N–H and O–H groups in total. The average molecular weight is 627 g/mol. The van der Waals surface area contributed by atoms with Crippen LogP contribution in [0.4, 0.5) is 11.8 Å². The van der Waals surface area contributed by atoms with Crippen LogP contribution in [0, 0.1) is 19.8 Å². The van der Waals surface area contributed by atoms with Crippen molar-refractivity contribution < 1.29 is 17.9 Å². The highest BCUT2D eigenvalue weighted by molar-refractivity contribution is 7.92. The second-order valence-electron chi connectivity index (χ2n) is 12.2. The zero-order chi connectivity index (χ0) is 31.7. The minimum Gasteiger partial charge on any atom is -0.475 e. The summed E-state index contributed by atoms with van der Waals surface area (Å²) in [6.45, 7) is 10.6. The number of benzene rings is 2. The molecule has 11 heteroatoms. The third kappa shape index (κ3) is 6.63. The van der Waals surface area contributed by atoms with Gasteiger partial charge in [-0.25, -0.2) is 23.1 Å². The van der Waals surface area contributed by atoms with Crippen LogP contribution < -0.4 is 14.4 Å². The molecule has 45 heavy (non-hydrogen) atoms. The first-order valence-electron chi connectivity index (χ1n) is 15.3. The predicted octanol–water partition coefficient (Wildman–Crippen LogP) is 5.62. The molecular weight excluding hydrogens is 588 g/mol. The van der Waals surface area contributed by atoms with Gasteiger partial charge in [0.05, 0.1) is 16.6 Å². The monoisotopic (exact) mass is 626 g/mol. The van der Waals surface area contributed by atoms with Crippen LogP contribution in [0.25, 0.3) is 11.3 Å². The molecule has 1 saturated heterocycles. The van der Waals surface area contributed by atoms with Gasteiger partial charge < -0.3 is 14.5 Å². The smallest absolute Gasteiger partial charge is 0.264 e. The standard InChI is InChI=1S/C34H38N6O4S/c1-22(2)16-27-21-44-31-18-29(32-23(3)8-5-9-24(32)4)36-34(37-31)38-45(42,43)28-11-6-10-26(17-28)33(41)40(27)20-25-12-13-30(35-19-25)39-14-7-15-39/h5-6,8-13,17-19,22,27H,7,14-16,20-21H2,1-4H3,(H,36,37,38)/t27-/m1/s1. The highest BCUT2D eigenvalue weighted by atomic mass is 32.2. The summed E-state index contributed by atoms with van der Waals surface area (Å²) < 4.78 is 36.0. The zero-order valence-corrected chi connectivity index (χ0v) is 26.8. The first kappa shape index (κ1) is 30.5. The number of amides is 1. The van der Waals surface area contributed by atoms with Crippen molar-refractivity contribution in [2.45, 2.75) is 58.0 Å².